The summed E-state index contributed by atoms with van der Waals surface area (Å²) in [7, 11) is 0. The van der Waals surface area contributed by atoms with Crippen molar-refractivity contribution in [2.24, 2.45) is 5.92 Å². The van der Waals surface area contributed by atoms with Gasteiger partial charge in [0.15, 0.2) is 0 Å². The molecule has 1 unspecified atom stereocenters. The summed E-state index contributed by atoms with van der Waals surface area (Å²) in [5.41, 5.74) is 4.43. The molecule has 1 N–H and O–H groups in total. The molecule has 0 saturated carbocycles. The molecule has 1 amide bonds. The minimum Gasteiger partial charge on any atom is -0.352 e. The van der Waals surface area contributed by atoms with Gasteiger partial charge in [-0.15, -0.1) is 0 Å². The van der Waals surface area contributed by atoms with E-state index >= 15 is 0 Å². The Morgan fingerprint density at radius 1 is 1.09 bits per heavy atom. The van der Waals surface area contributed by atoms with Crippen LogP contribution in [0.4, 0.5) is 0 Å². The number of imidazole rings is 1. The molecule has 2 aromatic carbocycles. The van der Waals surface area contributed by atoms with Crippen LogP contribution in [0, 0.1) is 12.8 Å². The summed E-state index contributed by atoms with van der Waals surface area (Å²) in [6, 6.07) is 16.4. The van der Waals surface area contributed by atoms with Gasteiger partial charge in [0.05, 0.1) is 18.8 Å². The number of carbonyl (C=O) groups excluding carboxylic acids is 1. The van der Waals surface area contributed by atoms with Crippen LogP contribution in [0.15, 0.2) is 71.8 Å². The number of nitrogens with one attached hydrogen (secondary N) is 1. The van der Waals surface area contributed by atoms with Gasteiger partial charge in [-0.05, 0) is 37.4 Å². The Bertz CT molecular complexity index is 1230. The Hall–Kier alpha value is -3.78. The molecule has 1 aliphatic rings. The topological polar surface area (TPSA) is 89.1 Å². The highest BCUT2D eigenvalue weighted by Crippen LogP contribution is 2.21. The maximum Gasteiger partial charge on any atom is 0.241 e. The van der Waals surface area contributed by atoms with Crippen molar-refractivity contribution in [3.63, 3.8) is 0 Å². The first-order chi connectivity index (χ1) is 17.1. The third-order valence-electron chi connectivity index (χ3n) is 6.43. The monoisotopic (exact) mass is 470 g/mol. The summed E-state index contributed by atoms with van der Waals surface area (Å²) < 4.78 is 7.52. The number of benzene rings is 2. The largest absolute Gasteiger partial charge is 0.352 e. The Kier molecular flexibility index (Phi) is 6.99. The zero-order chi connectivity index (χ0) is 24.0. The number of amides is 1. The lowest BCUT2D eigenvalue weighted by atomic mass is 9.97. The van der Waals surface area contributed by atoms with Crippen LogP contribution in [0.1, 0.15) is 35.4 Å². The van der Waals surface area contributed by atoms with E-state index in [-0.39, 0.29) is 11.8 Å². The maximum atomic E-state index is 12.9. The third kappa shape index (κ3) is 6.02. The number of likely N-dealkylation sites (tertiary alicyclic amines) is 1. The van der Waals surface area contributed by atoms with E-state index in [1.807, 2.05) is 41.4 Å². The fourth-order valence-corrected chi connectivity index (χ4v) is 4.43. The van der Waals surface area contributed by atoms with Gasteiger partial charge < -0.3 is 14.4 Å². The molecule has 4 aromatic rings. The van der Waals surface area contributed by atoms with Gasteiger partial charge in [0.1, 0.15) is 0 Å². The molecule has 0 radical (unpaired) electrons. The molecule has 5 rings (SSSR count). The number of aromatic nitrogens is 4. The lowest BCUT2D eigenvalue weighted by Crippen LogP contribution is -2.42. The van der Waals surface area contributed by atoms with Gasteiger partial charge in [-0.1, -0.05) is 59.3 Å². The van der Waals surface area contributed by atoms with Crippen molar-refractivity contribution < 1.29 is 9.32 Å². The van der Waals surface area contributed by atoms with Crippen LogP contribution < -0.4 is 5.32 Å². The van der Waals surface area contributed by atoms with Crippen LogP contribution in [0.25, 0.3) is 11.4 Å². The zero-order valence-electron chi connectivity index (χ0n) is 19.9. The first kappa shape index (κ1) is 23.0. The van der Waals surface area contributed by atoms with Gasteiger partial charge in [0.25, 0.3) is 0 Å². The van der Waals surface area contributed by atoms with Gasteiger partial charge in [-0.3, -0.25) is 9.69 Å². The van der Waals surface area contributed by atoms with Crippen molar-refractivity contribution in [3.05, 3.63) is 89.8 Å². The second-order valence-electron chi connectivity index (χ2n) is 9.22. The smallest absolute Gasteiger partial charge is 0.241 e. The number of hydrogen-bond donors (Lipinski definition) is 1. The molecule has 0 bridgehead atoms. The Labute approximate surface area is 205 Å². The fourth-order valence-electron chi connectivity index (χ4n) is 4.43. The summed E-state index contributed by atoms with van der Waals surface area (Å²) >= 11 is 0. The van der Waals surface area contributed by atoms with Crippen molar-refractivity contribution in [2.75, 3.05) is 13.1 Å². The van der Waals surface area contributed by atoms with Crippen molar-refractivity contribution in [3.8, 4) is 11.4 Å². The SMILES string of the molecule is Cc1ccc(-c2noc(CN3CCCC(C(=O)NCc4ccc(Cn5ccnc5)cc4)C3)n2)cc1. The highest BCUT2D eigenvalue weighted by atomic mass is 16.5. The lowest BCUT2D eigenvalue weighted by Gasteiger charge is -2.30. The molecular formula is C27H30N6O2. The molecule has 1 fully saturated rings. The van der Waals surface area contributed by atoms with E-state index in [0.29, 0.717) is 31.3 Å². The van der Waals surface area contributed by atoms with Crippen LogP contribution in [-0.4, -0.2) is 43.6 Å². The van der Waals surface area contributed by atoms with Crippen LogP contribution in [0.5, 0.6) is 0 Å². The third-order valence-corrected chi connectivity index (χ3v) is 6.43. The van der Waals surface area contributed by atoms with E-state index in [0.717, 1.165) is 37.1 Å². The van der Waals surface area contributed by atoms with Gasteiger partial charge in [0, 0.05) is 37.6 Å². The van der Waals surface area contributed by atoms with Crippen LogP contribution in [0.3, 0.4) is 0 Å². The van der Waals surface area contributed by atoms with Gasteiger partial charge in [-0.2, -0.15) is 4.98 Å². The summed E-state index contributed by atoms with van der Waals surface area (Å²) in [5, 5.41) is 7.25. The van der Waals surface area contributed by atoms with E-state index in [4.69, 9.17) is 4.52 Å². The number of aryl methyl sites for hydroxylation is 1. The van der Waals surface area contributed by atoms with E-state index < -0.39 is 0 Å². The van der Waals surface area contributed by atoms with Crippen LogP contribution >= 0.6 is 0 Å². The Balaban J connectivity index is 1.11. The quantitative estimate of drug-likeness (QED) is 0.421. The van der Waals surface area contributed by atoms with Crippen LogP contribution in [-0.2, 0) is 24.4 Å². The number of hydrogen-bond acceptors (Lipinski definition) is 6. The molecule has 1 atom stereocenters. The average molecular weight is 471 g/mol. The molecular weight excluding hydrogens is 440 g/mol. The van der Waals surface area contributed by atoms with Crippen molar-refractivity contribution in [1.82, 2.24) is 29.9 Å². The first-order valence-corrected chi connectivity index (χ1v) is 12.1. The molecule has 8 heteroatoms. The highest BCUT2D eigenvalue weighted by molar-refractivity contribution is 5.79. The summed E-state index contributed by atoms with van der Waals surface area (Å²) in [6.45, 7) is 5.54. The van der Waals surface area contributed by atoms with E-state index in [1.54, 1.807) is 6.20 Å². The minimum absolute atomic E-state index is 0.0382. The number of carbonyl (C=O) groups is 1. The number of piperidine rings is 1. The van der Waals surface area contributed by atoms with Crippen molar-refractivity contribution >= 4 is 5.91 Å². The van der Waals surface area contributed by atoms with E-state index in [9.17, 15) is 4.79 Å². The summed E-state index contributed by atoms with van der Waals surface area (Å²) in [6.07, 6.45) is 7.40. The number of rotatable bonds is 8. The molecule has 2 aromatic heterocycles. The number of nitrogens with zero attached hydrogens (tertiary/aromatic N) is 5. The van der Waals surface area contributed by atoms with Gasteiger partial charge >= 0.3 is 0 Å². The summed E-state index contributed by atoms with van der Waals surface area (Å²) in [4.78, 5) is 23.7. The molecule has 0 aliphatic carbocycles. The predicted octanol–water partition coefficient (Wildman–Crippen LogP) is 3.82. The normalized spacial score (nSPS) is 16.3. The molecule has 1 saturated heterocycles. The van der Waals surface area contributed by atoms with Crippen molar-refractivity contribution in [1.29, 1.82) is 0 Å². The molecule has 1 aliphatic heterocycles. The molecule has 180 valence electrons. The molecule has 8 nitrogen and oxygen atoms in total. The van der Waals surface area contributed by atoms with Crippen LogP contribution in [0.2, 0.25) is 0 Å². The van der Waals surface area contributed by atoms with Gasteiger partial charge in [0.2, 0.25) is 17.6 Å². The summed E-state index contributed by atoms with van der Waals surface area (Å²) in [5.74, 6) is 1.24. The second kappa shape index (κ2) is 10.7. The van der Waals surface area contributed by atoms with E-state index in [1.165, 1.54) is 11.1 Å². The predicted molar refractivity (Wildman–Crippen MR) is 132 cm³/mol. The fraction of sp³-hybridized carbons (Fsp3) is 0.333. The Morgan fingerprint density at radius 2 is 1.89 bits per heavy atom. The Morgan fingerprint density at radius 3 is 2.66 bits per heavy atom. The van der Waals surface area contributed by atoms with E-state index in [2.05, 4.69) is 56.5 Å². The minimum atomic E-state index is -0.0382. The van der Waals surface area contributed by atoms with Crippen molar-refractivity contribution in [2.45, 2.75) is 39.4 Å². The standard InChI is InChI=1S/C27H30N6O2/c1-20-4-10-23(11-5-20)26-30-25(35-31-26)18-32-13-2-3-24(17-32)27(34)29-15-21-6-8-22(9-7-21)16-33-14-12-28-19-33/h4-12,14,19,24H,2-3,13,15-18H2,1H3,(H,29,34). The maximum absolute atomic E-state index is 12.9. The molecule has 0 spiro atoms. The lowest BCUT2D eigenvalue weighted by molar-refractivity contribution is -0.127. The highest BCUT2D eigenvalue weighted by Gasteiger charge is 2.26. The second-order valence-corrected chi connectivity index (χ2v) is 9.22. The zero-order valence-corrected chi connectivity index (χ0v) is 19.9. The first-order valence-electron chi connectivity index (χ1n) is 12.1. The van der Waals surface area contributed by atoms with Gasteiger partial charge in [-0.25, -0.2) is 4.98 Å². The molecule has 3 heterocycles. The molecule has 35 heavy (non-hydrogen) atoms. The average Bonchev–Trinajstić information content (AvgIpc) is 3.56.